The van der Waals surface area contributed by atoms with Gasteiger partial charge in [0.25, 0.3) is 0 Å². The summed E-state index contributed by atoms with van der Waals surface area (Å²) in [5, 5.41) is 12.2. The lowest BCUT2D eigenvalue weighted by molar-refractivity contribution is -0.120. The zero-order valence-electron chi connectivity index (χ0n) is 8.57. The number of aliphatic hydroxyl groups is 1. The van der Waals surface area contributed by atoms with Gasteiger partial charge in [-0.25, -0.2) is 0 Å². The highest BCUT2D eigenvalue weighted by molar-refractivity contribution is 7.81. The first-order valence-corrected chi connectivity index (χ1v) is 5.76. The molecule has 1 aliphatic rings. The van der Waals surface area contributed by atoms with Crippen LogP contribution in [-0.4, -0.2) is 28.9 Å². The van der Waals surface area contributed by atoms with Gasteiger partial charge >= 0.3 is 0 Å². The van der Waals surface area contributed by atoms with Crippen molar-refractivity contribution < 1.29 is 9.90 Å². The van der Waals surface area contributed by atoms with E-state index in [0.717, 1.165) is 25.7 Å². The smallest absolute Gasteiger partial charge is 0.232 e. The van der Waals surface area contributed by atoms with Crippen LogP contribution in [0.25, 0.3) is 0 Å². The molecule has 0 aromatic heterocycles. The lowest BCUT2D eigenvalue weighted by Gasteiger charge is -2.27. The third kappa shape index (κ3) is 3.50. The maximum absolute atomic E-state index is 11.2. The molecular formula is C10H19NO2S. The Balaban J connectivity index is 2.26. The van der Waals surface area contributed by atoms with Gasteiger partial charge in [-0.05, 0) is 19.8 Å². The second-order valence-electron chi connectivity index (χ2n) is 4.03. The Morgan fingerprint density at radius 3 is 2.79 bits per heavy atom. The molecule has 0 radical (unpaired) electrons. The first-order chi connectivity index (χ1) is 6.61. The summed E-state index contributed by atoms with van der Waals surface area (Å²) in [7, 11) is 0. The van der Waals surface area contributed by atoms with Crippen molar-refractivity contribution in [1.29, 1.82) is 0 Å². The van der Waals surface area contributed by atoms with E-state index in [2.05, 4.69) is 17.9 Å². The van der Waals surface area contributed by atoms with E-state index >= 15 is 0 Å². The maximum Gasteiger partial charge on any atom is 0.232 e. The van der Waals surface area contributed by atoms with Crippen LogP contribution in [0.4, 0.5) is 0 Å². The minimum atomic E-state index is -0.268. The Hall–Kier alpha value is -0.220. The van der Waals surface area contributed by atoms with Crippen LogP contribution in [-0.2, 0) is 4.79 Å². The molecule has 0 bridgehead atoms. The summed E-state index contributed by atoms with van der Waals surface area (Å²) in [5.41, 5.74) is 0. The molecule has 1 fully saturated rings. The number of hydrogen-bond donors (Lipinski definition) is 3. The number of rotatable bonds is 3. The van der Waals surface area contributed by atoms with Crippen molar-refractivity contribution in [3.05, 3.63) is 0 Å². The summed E-state index contributed by atoms with van der Waals surface area (Å²) in [6.45, 7) is 2.33. The van der Waals surface area contributed by atoms with E-state index in [0.29, 0.717) is 6.54 Å². The van der Waals surface area contributed by atoms with E-state index in [9.17, 15) is 9.90 Å². The minimum Gasteiger partial charge on any atom is -0.393 e. The van der Waals surface area contributed by atoms with E-state index in [1.54, 1.807) is 6.92 Å². The quantitative estimate of drug-likeness (QED) is 0.617. The summed E-state index contributed by atoms with van der Waals surface area (Å²) in [5.74, 6) is 0.186. The molecule has 3 nitrogen and oxygen atoms in total. The fourth-order valence-corrected chi connectivity index (χ4v) is 1.90. The minimum absolute atomic E-state index is 0.0499. The monoisotopic (exact) mass is 217 g/mol. The van der Waals surface area contributed by atoms with Crippen LogP contribution in [0.15, 0.2) is 0 Å². The molecule has 82 valence electrons. The number of amides is 1. The van der Waals surface area contributed by atoms with Crippen LogP contribution in [0.1, 0.15) is 32.6 Å². The first kappa shape index (κ1) is 11.9. The lowest BCUT2D eigenvalue weighted by Crippen LogP contribution is -2.39. The largest absolute Gasteiger partial charge is 0.393 e. The first-order valence-electron chi connectivity index (χ1n) is 5.25. The third-order valence-corrected chi connectivity index (χ3v) is 3.02. The van der Waals surface area contributed by atoms with Crippen molar-refractivity contribution in [2.45, 2.75) is 44.0 Å². The highest BCUT2D eigenvalue weighted by atomic mass is 32.1. The molecule has 0 heterocycles. The van der Waals surface area contributed by atoms with Crippen LogP contribution in [0.5, 0.6) is 0 Å². The summed E-state index contributed by atoms with van der Waals surface area (Å²) >= 11 is 4.04. The van der Waals surface area contributed by atoms with Gasteiger partial charge in [0, 0.05) is 12.5 Å². The Morgan fingerprint density at radius 1 is 1.57 bits per heavy atom. The van der Waals surface area contributed by atoms with Gasteiger partial charge in [0.1, 0.15) is 0 Å². The summed E-state index contributed by atoms with van der Waals surface area (Å²) in [6, 6.07) is 0. The average Bonchev–Trinajstić information content (AvgIpc) is 2.16. The van der Waals surface area contributed by atoms with Crippen LogP contribution < -0.4 is 5.32 Å². The second-order valence-corrected chi connectivity index (χ2v) is 4.81. The maximum atomic E-state index is 11.2. The molecule has 3 atom stereocenters. The molecule has 3 unspecified atom stereocenters. The highest BCUT2D eigenvalue weighted by Crippen LogP contribution is 2.23. The molecule has 0 aliphatic heterocycles. The average molecular weight is 217 g/mol. The topological polar surface area (TPSA) is 49.3 Å². The molecule has 0 saturated heterocycles. The molecule has 1 amide bonds. The van der Waals surface area contributed by atoms with Crippen molar-refractivity contribution in [1.82, 2.24) is 5.32 Å². The summed E-state index contributed by atoms with van der Waals surface area (Å²) < 4.78 is 0. The zero-order valence-corrected chi connectivity index (χ0v) is 9.46. The zero-order chi connectivity index (χ0) is 10.6. The standard InChI is InChI=1S/C10H19NO2S/c1-7(14)10(13)11-6-8-4-2-3-5-9(8)12/h7-9,12,14H,2-6H2,1H3,(H,11,13). The number of aliphatic hydroxyl groups excluding tert-OH is 1. The number of hydrogen-bond acceptors (Lipinski definition) is 3. The molecule has 1 saturated carbocycles. The molecular weight excluding hydrogens is 198 g/mol. The van der Waals surface area contributed by atoms with Gasteiger partial charge < -0.3 is 10.4 Å². The predicted molar refractivity (Wildman–Crippen MR) is 59.4 cm³/mol. The van der Waals surface area contributed by atoms with Gasteiger partial charge in [0.15, 0.2) is 0 Å². The molecule has 1 aliphatic carbocycles. The normalized spacial score (nSPS) is 29.6. The fraction of sp³-hybridized carbons (Fsp3) is 0.900. The van der Waals surface area contributed by atoms with Gasteiger partial charge in [-0.15, -0.1) is 0 Å². The van der Waals surface area contributed by atoms with Crippen molar-refractivity contribution in [2.24, 2.45) is 5.92 Å². The molecule has 14 heavy (non-hydrogen) atoms. The molecule has 0 spiro atoms. The van der Waals surface area contributed by atoms with Gasteiger partial charge in [0.2, 0.25) is 5.91 Å². The lowest BCUT2D eigenvalue weighted by atomic mass is 9.86. The third-order valence-electron chi connectivity index (χ3n) is 2.79. The van der Waals surface area contributed by atoms with E-state index in [4.69, 9.17) is 0 Å². The van der Waals surface area contributed by atoms with Crippen LogP contribution >= 0.6 is 12.6 Å². The second kappa shape index (κ2) is 5.61. The Bertz CT molecular complexity index is 197. The van der Waals surface area contributed by atoms with Crippen molar-refractivity contribution in [3.8, 4) is 0 Å². The van der Waals surface area contributed by atoms with E-state index in [-0.39, 0.29) is 23.2 Å². The van der Waals surface area contributed by atoms with Crippen molar-refractivity contribution >= 4 is 18.5 Å². The number of nitrogens with one attached hydrogen (secondary N) is 1. The van der Waals surface area contributed by atoms with Crippen molar-refractivity contribution in [2.75, 3.05) is 6.54 Å². The molecule has 0 aromatic rings. The molecule has 1 rings (SSSR count). The van der Waals surface area contributed by atoms with Crippen molar-refractivity contribution in [3.63, 3.8) is 0 Å². The summed E-state index contributed by atoms with van der Waals surface area (Å²) in [6.07, 6.45) is 3.92. The summed E-state index contributed by atoms with van der Waals surface area (Å²) in [4.78, 5) is 11.2. The van der Waals surface area contributed by atoms with Gasteiger partial charge in [0.05, 0.1) is 11.4 Å². The van der Waals surface area contributed by atoms with E-state index in [1.807, 2.05) is 0 Å². The SMILES string of the molecule is CC(S)C(=O)NCC1CCCCC1O. The van der Waals surface area contributed by atoms with Gasteiger partial charge in [-0.3, -0.25) is 4.79 Å². The number of carbonyl (C=O) groups excluding carboxylic acids is 1. The number of thiol groups is 1. The molecule has 0 aromatic carbocycles. The Morgan fingerprint density at radius 2 is 2.21 bits per heavy atom. The predicted octanol–water partition coefficient (Wildman–Crippen LogP) is 0.972. The molecule has 4 heteroatoms. The van der Waals surface area contributed by atoms with Gasteiger partial charge in [-0.1, -0.05) is 12.8 Å². The van der Waals surface area contributed by atoms with E-state index in [1.165, 1.54) is 0 Å². The van der Waals surface area contributed by atoms with Crippen LogP contribution in [0.3, 0.4) is 0 Å². The Kier molecular flexibility index (Phi) is 4.75. The molecule has 2 N–H and O–H groups in total. The fourth-order valence-electron chi connectivity index (χ4n) is 1.81. The van der Waals surface area contributed by atoms with Crippen LogP contribution in [0.2, 0.25) is 0 Å². The van der Waals surface area contributed by atoms with Gasteiger partial charge in [-0.2, -0.15) is 12.6 Å². The van der Waals surface area contributed by atoms with Crippen LogP contribution in [0, 0.1) is 5.92 Å². The Labute approximate surface area is 90.7 Å². The van der Waals surface area contributed by atoms with E-state index < -0.39 is 0 Å². The highest BCUT2D eigenvalue weighted by Gasteiger charge is 2.23. The number of carbonyl (C=O) groups is 1.